The minimum Gasteiger partial charge on any atom is -0.468 e. The molecule has 0 spiro atoms. The Labute approximate surface area is 200 Å². The third kappa shape index (κ3) is 6.07. The fourth-order valence-electron chi connectivity index (χ4n) is 4.52. The maximum atomic E-state index is 13.5. The van der Waals surface area contributed by atoms with Gasteiger partial charge in [0, 0.05) is 13.1 Å². The summed E-state index contributed by atoms with van der Waals surface area (Å²) in [4.78, 5) is 54.2. The molecular formula is C25H35N3O6. The molecule has 2 heterocycles. The van der Waals surface area contributed by atoms with Crippen molar-refractivity contribution in [1.82, 2.24) is 15.1 Å². The van der Waals surface area contributed by atoms with Gasteiger partial charge >= 0.3 is 12.1 Å². The van der Waals surface area contributed by atoms with Gasteiger partial charge in [-0.3, -0.25) is 19.3 Å². The highest BCUT2D eigenvalue weighted by atomic mass is 16.6. The van der Waals surface area contributed by atoms with Crippen LogP contribution in [0.1, 0.15) is 52.0 Å². The molecule has 0 saturated carbocycles. The van der Waals surface area contributed by atoms with Crippen molar-refractivity contribution >= 4 is 23.9 Å². The number of benzene rings is 1. The normalized spacial score (nSPS) is 22.6. The highest BCUT2D eigenvalue weighted by molar-refractivity contribution is 5.96. The first-order chi connectivity index (χ1) is 16.0. The van der Waals surface area contributed by atoms with Crippen LogP contribution in [0, 0.1) is 0 Å². The van der Waals surface area contributed by atoms with E-state index in [1.54, 1.807) is 20.8 Å². The predicted molar refractivity (Wildman–Crippen MR) is 125 cm³/mol. The van der Waals surface area contributed by atoms with Gasteiger partial charge in [-0.1, -0.05) is 30.3 Å². The van der Waals surface area contributed by atoms with Gasteiger partial charge in [-0.05, 0) is 58.4 Å². The summed E-state index contributed by atoms with van der Waals surface area (Å²) < 4.78 is 10.2. The zero-order valence-corrected chi connectivity index (χ0v) is 20.5. The molecule has 1 aromatic carbocycles. The Morgan fingerprint density at radius 1 is 1.15 bits per heavy atom. The standard InChI is InChI=1S/C25H35N3O6/c1-24(2,3)34-23(32)28-15-8-11-19(28)21(30)26-25(13-12-18-9-6-5-7-10-18)14-16-27(22(25)31)17-20(29)33-4/h5-7,9-10,19H,8,11-17H2,1-4H3,(H,26,30)/t19-,25+/m0/s1. The number of ether oxygens (including phenoxy) is 2. The molecule has 2 aliphatic rings. The van der Waals surface area contributed by atoms with Crippen LogP contribution in [0.15, 0.2) is 30.3 Å². The number of likely N-dealkylation sites (tertiary alicyclic amines) is 2. The number of esters is 1. The molecule has 2 fully saturated rings. The van der Waals surface area contributed by atoms with Gasteiger partial charge in [-0.15, -0.1) is 0 Å². The summed E-state index contributed by atoms with van der Waals surface area (Å²) in [6.45, 7) is 5.94. The van der Waals surface area contributed by atoms with Crippen molar-refractivity contribution in [2.45, 2.75) is 70.1 Å². The van der Waals surface area contributed by atoms with Crippen molar-refractivity contribution < 1.29 is 28.7 Å². The van der Waals surface area contributed by atoms with Crippen molar-refractivity contribution in [2.75, 3.05) is 26.7 Å². The molecule has 3 rings (SSSR count). The number of nitrogens with one attached hydrogen (secondary N) is 1. The molecule has 2 aliphatic heterocycles. The third-order valence-corrected chi connectivity index (χ3v) is 6.28. The van der Waals surface area contributed by atoms with Crippen LogP contribution in [-0.4, -0.2) is 77.6 Å². The van der Waals surface area contributed by atoms with Crippen molar-refractivity contribution in [3.63, 3.8) is 0 Å². The van der Waals surface area contributed by atoms with E-state index >= 15 is 0 Å². The molecule has 0 unspecified atom stereocenters. The van der Waals surface area contributed by atoms with Crippen LogP contribution >= 0.6 is 0 Å². The highest BCUT2D eigenvalue weighted by Gasteiger charge is 2.49. The molecule has 2 atom stereocenters. The van der Waals surface area contributed by atoms with Gasteiger partial charge in [0.05, 0.1) is 7.11 Å². The molecule has 1 aromatic rings. The number of hydrogen-bond donors (Lipinski definition) is 1. The first-order valence-corrected chi connectivity index (χ1v) is 11.8. The molecule has 186 valence electrons. The number of aryl methyl sites for hydroxylation is 1. The van der Waals surface area contributed by atoms with Gasteiger partial charge in [0.15, 0.2) is 0 Å². The Kier molecular flexibility index (Phi) is 7.84. The molecule has 9 heteroatoms. The van der Waals surface area contributed by atoms with Crippen molar-refractivity contribution in [1.29, 1.82) is 0 Å². The lowest BCUT2D eigenvalue weighted by Crippen LogP contribution is -2.59. The topological polar surface area (TPSA) is 105 Å². The van der Waals surface area contributed by atoms with Crippen molar-refractivity contribution in [3.05, 3.63) is 35.9 Å². The molecule has 9 nitrogen and oxygen atoms in total. The summed E-state index contributed by atoms with van der Waals surface area (Å²) in [6, 6.07) is 9.02. The molecule has 0 aliphatic carbocycles. The van der Waals surface area contributed by atoms with Crippen LogP contribution in [0.2, 0.25) is 0 Å². The third-order valence-electron chi connectivity index (χ3n) is 6.28. The number of amides is 3. The summed E-state index contributed by atoms with van der Waals surface area (Å²) in [5.74, 6) is -1.18. The molecular weight excluding hydrogens is 438 g/mol. The van der Waals surface area contributed by atoms with Crippen LogP contribution in [-0.2, 0) is 30.3 Å². The largest absolute Gasteiger partial charge is 0.468 e. The number of carbonyl (C=O) groups excluding carboxylic acids is 4. The molecule has 3 amide bonds. The van der Waals surface area contributed by atoms with Gasteiger partial charge < -0.3 is 19.7 Å². The molecule has 0 aromatic heterocycles. The van der Waals surface area contributed by atoms with Crippen LogP contribution in [0.5, 0.6) is 0 Å². The van der Waals surface area contributed by atoms with E-state index in [9.17, 15) is 19.2 Å². The van der Waals surface area contributed by atoms with Gasteiger partial charge in [-0.2, -0.15) is 0 Å². The van der Waals surface area contributed by atoms with E-state index in [0.29, 0.717) is 45.2 Å². The van der Waals surface area contributed by atoms with E-state index in [-0.39, 0.29) is 18.4 Å². The second-order valence-corrected chi connectivity index (χ2v) is 9.94. The smallest absolute Gasteiger partial charge is 0.410 e. The highest BCUT2D eigenvalue weighted by Crippen LogP contribution is 2.30. The second kappa shape index (κ2) is 10.4. The zero-order valence-electron chi connectivity index (χ0n) is 20.5. The minimum atomic E-state index is -1.15. The first-order valence-electron chi connectivity index (χ1n) is 11.8. The van der Waals surface area contributed by atoms with E-state index in [1.807, 2.05) is 30.3 Å². The van der Waals surface area contributed by atoms with Crippen LogP contribution in [0.3, 0.4) is 0 Å². The molecule has 2 saturated heterocycles. The Bertz CT molecular complexity index is 913. The van der Waals surface area contributed by atoms with Gasteiger partial charge in [0.2, 0.25) is 11.8 Å². The van der Waals surface area contributed by atoms with Crippen LogP contribution in [0.25, 0.3) is 0 Å². The Morgan fingerprint density at radius 3 is 2.50 bits per heavy atom. The Balaban J connectivity index is 1.78. The van der Waals surface area contributed by atoms with Gasteiger partial charge in [0.25, 0.3) is 0 Å². The quantitative estimate of drug-likeness (QED) is 0.609. The summed E-state index contributed by atoms with van der Waals surface area (Å²) >= 11 is 0. The zero-order chi connectivity index (χ0) is 24.9. The van der Waals surface area contributed by atoms with E-state index in [4.69, 9.17) is 9.47 Å². The lowest BCUT2D eigenvalue weighted by Gasteiger charge is -2.33. The van der Waals surface area contributed by atoms with Gasteiger partial charge in [-0.25, -0.2) is 4.79 Å². The van der Waals surface area contributed by atoms with Gasteiger partial charge in [0.1, 0.15) is 23.7 Å². The number of nitrogens with zero attached hydrogens (tertiary/aromatic N) is 2. The van der Waals surface area contributed by atoms with E-state index in [1.165, 1.54) is 16.9 Å². The molecule has 0 bridgehead atoms. The Morgan fingerprint density at radius 2 is 1.85 bits per heavy atom. The fraction of sp³-hybridized carbons (Fsp3) is 0.600. The first kappa shape index (κ1) is 25.5. The van der Waals surface area contributed by atoms with Crippen molar-refractivity contribution in [3.8, 4) is 0 Å². The Hall–Kier alpha value is -3.10. The maximum Gasteiger partial charge on any atom is 0.410 e. The average Bonchev–Trinajstić information content (AvgIpc) is 3.39. The maximum absolute atomic E-state index is 13.5. The number of carbonyl (C=O) groups is 4. The summed E-state index contributed by atoms with van der Waals surface area (Å²) in [5.41, 5.74) is -0.775. The monoisotopic (exact) mass is 473 g/mol. The predicted octanol–water partition coefficient (Wildman–Crippen LogP) is 2.28. The van der Waals surface area contributed by atoms with Crippen LogP contribution in [0.4, 0.5) is 4.79 Å². The van der Waals surface area contributed by atoms with E-state index in [2.05, 4.69) is 5.32 Å². The second-order valence-electron chi connectivity index (χ2n) is 9.94. The SMILES string of the molecule is COC(=O)CN1CC[C@@](CCc2ccccc2)(NC(=O)[C@@H]2CCCN2C(=O)OC(C)(C)C)C1=O. The summed E-state index contributed by atoms with van der Waals surface area (Å²) in [6.07, 6.45) is 1.99. The average molecular weight is 474 g/mol. The minimum absolute atomic E-state index is 0.161. The van der Waals surface area contributed by atoms with E-state index in [0.717, 1.165) is 5.56 Å². The molecule has 34 heavy (non-hydrogen) atoms. The summed E-state index contributed by atoms with van der Waals surface area (Å²) in [7, 11) is 1.28. The van der Waals surface area contributed by atoms with Crippen molar-refractivity contribution in [2.24, 2.45) is 0 Å². The number of rotatable bonds is 7. The number of hydrogen-bond acceptors (Lipinski definition) is 6. The lowest BCUT2D eigenvalue weighted by atomic mass is 9.89. The number of methoxy groups -OCH3 is 1. The lowest BCUT2D eigenvalue weighted by molar-refractivity contribution is -0.147. The fourth-order valence-corrected chi connectivity index (χ4v) is 4.52. The molecule has 0 radical (unpaired) electrons. The van der Waals surface area contributed by atoms with Crippen LogP contribution < -0.4 is 5.32 Å². The summed E-state index contributed by atoms with van der Waals surface area (Å²) in [5, 5.41) is 2.99. The van der Waals surface area contributed by atoms with E-state index < -0.39 is 29.2 Å². The molecule has 1 N–H and O–H groups in total.